The van der Waals surface area contributed by atoms with Crippen molar-refractivity contribution < 1.29 is 19.5 Å². The second-order valence-corrected chi connectivity index (χ2v) is 6.72. The van der Waals surface area contributed by atoms with Crippen molar-refractivity contribution in [2.75, 3.05) is 10.6 Å². The molecular formula is C18H22N2O4. The minimum Gasteiger partial charge on any atom is -0.481 e. The van der Waals surface area contributed by atoms with Gasteiger partial charge in [-0.2, -0.15) is 0 Å². The van der Waals surface area contributed by atoms with Crippen molar-refractivity contribution in [2.45, 2.75) is 38.5 Å². The summed E-state index contributed by atoms with van der Waals surface area (Å²) in [6.45, 7) is 0. The lowest BCUT2D eigenvalue weighted by Gasteiger charge is -2.25. The van der Waals surface area contributed by atoms with Gasteiger partial charge in [-0.15, -0.1) is 0 Å². The Morgan fingerprint density at radius 2 is 1.04 bits per heavy atom. The fourth-order valence-corrected chi connectivity index (χ4v) is 3.07. The van der Waals surface area contributed by atoms with Gasteiger partial charge in [-0.3, -0.25) is 14.4 Å². The number of rotatable bonds is 5. The molecule has 0 unspecified atom stereocenters. The van der Waals surface area contributed by atoms with Crippen LogP contribution in [-0.2, 0) is 14.4 Å². The number of hydrogen-bond donors (Lipinski definition) is 3. The fourth-order valence-electron chi connectivity index (χ4n) is 3.07. The largest absolute Gasteiger partial charge is 0.481 e. The van der Waals surface area contributed by atoms with Crippen LogP contribution in [0.5, 0.6) is 0 Å². The predicted octanol–water partition coefficient (Wildman–Crippen LogP) is 2.86. The Hall–Kier alpha value is -2.37. The summed E-state index contributed by atoms with van der Waals surface area (Å²) in [6, 6.07) is 7.08. The molecule has 1 aromatic rings. The van der Waals surface area contributed by atoms with Crippen molar-refractivity contribution in [1.29, 1.82) is 0 Å². The van der Waals surface area contributed by atoms with Gasteiger partial charge >= 0.3 is 5.97 Å². The molecule has 0 heterocycles. The Balaban J connectivity index is 1.49. The first-order valence-corrected chi connectivity index (χ1v) is 8.47. The SMILES string of the molecule is O=C(O)C1CCC(C(=O)Nc2ccc(NC(=O)C3CC3)cc2)CC1. The summed E-state index contributed by atoms with van der Waals surface area (Å²) >= 11 is 0. The fraction of sp³-hybridized carbons (Fsp3) is 0.500. The number of anilines is 2. The number of carbonyl (C=O) groups excluding carboxylic acids is 2. The van der Waals surface area contributed by atoms with Gasteiger partial charge < -0.3 is 15.7 Å². The van der Waals surface area contributed by atoms with Crippen molar-refractivity contribution in [1.82, 2.24) is 0 Å². The minimum absolute atomic E-state index is 0.0574. The first kappa shape index (κ1) is 16.5. The predicted molar refractivity (Wildman–Crippen MR) is 89.5 cm³/mol. The van der Waals surface area contributed by atoms with Gasteiger partial charge in [0.1, 0.15) is 0 Å². The number of carbonyl (C=O) groups is 3. The van der Waals surface area contributed by atoms with E-state index in [0.29, 0.717) is 31.4 Å². The molecular weight excluding hydrogens is 308 g/mol. The maximum Gasteiger partial charge on any atom is 0.306 e. The molecule has 3 rings (SSSR count). The van der Waals surface area contributed by atoms with Crippen LogP contribution in [0, 0.1) is 17.8 Å². The number of nitrogens with one attached hydrogen (secondary N) is 2. The molecule has 0 bridgehead atoms. The third-order valence-corrected chi connectivity index (χ3v) is 4.82. The molecule has 2 aliphatic carbocycles. The second kappa shape index (κ2) is 7.03. The zero-order valence-corrected chi connectivity index (χ0v) is 13.5. The molecule has 2 aliphatic rings. The Kier molecular flexibility index (Phi) is 4.83. The van der Waals surface area contributed by atoms with E-state index in [0.717, 1.165) is 18.5 Å². The average Bonchev–Trinajstić information content (AvgIpc) is 3.41. The molecule has 2 fully saturated rings. The summed E-state index contributed by atoms with van der Waals surface area (Å²) in [4.78, 5) is 34.9. The molecule has 24 heavy (non-hydrogen) atoms. The normalized spacial score (nSPS) is 23.3. The van der Waals surface area contributed by atoms with E-state index in [1.165, 1.54) is 0 Å². The quantitative estimate of drug-likeness (QED) is 0.773. The topological polar surface area (TPSA) is 95.5 Å². The smallest absolute Gasteiger partial charge is 0.306 e. The van der Waals surface area contributed by atoms with Gasteiger partial charge in [0.15, 0.2) is 0 Å². The van der Waals surface area contributed by atoms with Gasteiger partial charge in [0.2, 0.25) is 11.8 Å². The molecule has 0 aliphatic heterocycles. The van der Waals surface area contributed by atoms with Gasteiger partial charge in [0, 0.05) is 23.2 Å². The maximum absolute atomic E-state index is 12.3. The monoisotopic (exact) mass is 330 g/mol. The summed E-state index contributed by atoms with van der Waals surface area (Å²) < 4.78 is 0. The van der Waals surface area contributed by atoms with Crippen LogP contribution in [0.2, 0.25) is 0 Å². The molecule has 0 radical (unpaired) electrons. The molecule has 0 atom stereocenters. The molecule has 2 saturated carbocycles. The van der Waals surface area contributed by atoms with Crippen LogP contribution >= 0.6 is 0 Å². The highest BCUT2D eigenvalue weighted by molar-refractivity contribution is 5.95. The zero-order chi connectivity index (χ0) is 17.1. The highest BCUT2D eigenvalue weighted by Gasteiger charge is 2.30. The molecule has 0 spiro atoms. The molecule has 0 saturated heterocycles. The number of benzene rings is 1. The van der Waals surface area contributed by atoms with Crippen molar-refractivity contribution in [3.05, 3.63) is 24.3 Å². The number of hydrogen-bond acceptors (Lipinski definition) is 3. The van der Waals surface area contributed by atoms with Crippen molar-refractivity contribution in [3.63, 3.8) is 0 Å². The van der Waals surface area contributed by atoms with Crippen LogP contribution in [-0.4, -0.2) is 22.9 Å². The molecule has 128 valence electrons. The lowest BCUT2D eigenvalue weighted by atomic mass is 9.81. The summed E-state index contributed by atoms with van der Waals surface area (Å²) in [7, 11) is 0. The molecule has 3 N–H and O–H groups in total. The highest BCUT2D eigenvalue weighted by Crippen LogP contribution is 2.31. The summed E-state index contributed by atoms with van der Waals surface area (Å²) in [5.41, 5.74) is 1.41. The second-order valence-electron chi connectivity index (χ2n) is 6.72. The average molecular weight is 330 g/mol. The Bertz CT molecular complexity index is 629. The van der Waals surface area contributed by atoms with E-state index < -0.39 is 5.97 Å². The van der Waals surface area contributed by atoms with Crippen molar-refractivity contribution in [3.8, 4) is 0 Å². The van der Waals surface area contributed by atoms with Gasteiger partial charge in [0.25, 0.3) is 0 Å². The Morgan fingerprint density at radius 1 is 0.708 bits per heavy atom. The van der Waals surface area contributed by atoms with Crippen LogP contribution in [0.25, 0.3) is 0 Å². The third kappa shape index (κ3) is 4.13. The van der Waals surface area contributed by atoms with E-state index in [-0.39, 0.29) is 29.6 Å². The van der Waals surface area contributed by atoms with Crippen LogP contribution in [0.1, 0.15) is 38.5 Å². The number of amides is 2. The molecule has 2 amide bonds. The number of aliphatic carboxylic acids is 1. The van der Waals surface area contributed by atoms with Crippen LogP contribution in [0.4, 0.5) is 11.4 Å². The van der Waals surface area contributed by atoms with Gasteiger partial charge in [0.05, 0.1) is 5.92 Å². The molecule has 0 aromatic heterocycles. The van der Waals surface area contributed by atoms with Gasteiger partial charge in [-0.25, -0.2) is 0 Å². The molecule has 1 aromatic carbocycles. The standard InChI is InChI=1S/C18H22N2O4/c21-16(11-1-2-11)19-14-7-9-15(10-8-14)20-17(22)12-3-5-13(6-4-12)18(23)24/h7-13H,1-6H2,(H,19,21)(H,20,22)(H,23,24). The zero-order valence-electron chi connectivity index (χ0n) is 13.5. The van der Waals surface area contributed by atoms with Gasteiger partial charge in [-0.1, -0.05) is 0 Å². The van der Waals surface area contributed by atoms with E-state index in [4.69, 9.17) is 5.11 Å². The first-order valence-electron chi connectivity index (χ1n) is 8.47. The van der Waals surface area contributed by atoms with Crippen LogP contribution < -0.4 is 10.6 Å². The van der Waals surface area contributed by atoms with E-state index in [9.17, 15) is 14.4 Å². The van der Waals surface area contributed by atoms with E-state index in [2.05, 4.69) is 10.6 Å². The lowest BCUT2D eigenvalue weighted by Crippen LogP contribution is -2.29. The number of carboxylic acids is 1. The molecule has 6 heteroatoms. The minimum atomic E-state index is -0.766. The van der Waals surface area contributed by atoms with Gasteiger partial charge in [-0.05, 0) is 62.8 Å². The summed E-state index contributed by atoms with van der Waals surface area (Å²) in [6.07, 6.45) is 4.25. The van der Waals surface area contributed by atoms with Crippen LogP contribution in [0.15, 0.2) is 24.3 Å². The molecule has 6 nitrogen and oxygen atoms in total. The number of carboxylic acid groups (broad SMARTS) is 1. The first-order chi connectivity index (χ1) is 11.5. The highest BCUT2D eigenvalue weighted by atomic mass is 16.4. The Morgan fingerprint density at radius 3 is 1.38 bits per heavy atom. The summed E-state index contributed by atoms with van der Waals surface area (Å²) in [5, 5.41) is 14.7. The van der Waals surface area contributed by atoms with E-state index in [1.54, 1.807) is 24.3 Å². The van der Waals surface area contributed by atoms with E-state index >= 15 is 0 Å². The van der Waals surface area contributed by atoms with Crippen molar-refractivity contribution in [2.24, 2.45) is 17.8 Å². The summed E-state index contributed by atoms with van der Waals surface area (Å²) in [5.74, 6) is -1.06. The third-order valence-electron chi connectivity index (χ3n) is 4.82. The Labute approximate surface area is 140 Å². The maximum atomic E-state index is 12.3. The van der Waals surface area contributed by atoms with Crippen molar-refractivity contribution >= 4 is 29.2 Å². The van der Waals surface area contributed by atoms with Crippen LogP contribution in [0.3, 0.4) is 0 Å². The van der Waals surface area contributed by atoms with E-state index in [1.807, 2.05) is 0 Å². The lowest BCUT2D eigenvalue weighted by molar-refractivity contribution is -0.143.